The van der Waals surface area contributed by atoms with E-state index in [-0.39, 0.29) is 0 Å². The summed E-state index contributed by atoms with van der Waals surface area (Å²) in [6.07, 6.45) is 0. The molecule has 8 aromatic carbocycles. The van der Waals surface area contributed by atoms with Crippen molar-refractivity contribution in [3.05, 3.63) is 200 Å². The predicted molar refractivity (Wildman–Crippen MR) is 225 cm³/mol. The van der Waals surface area contributed by atoms with Gasteiger partial charge in [0.1, 0.15) is 5.82 Å². The number of hydrogen-bond donors (Lipinski definition) is 0. The van der Waals surface area contributed by atoms with Crippen LogP contribution in [0.3, 0.4) is 0 Å². The van der Waals surface area contributed by atoms with E-state index in [0.717, 1.165) is 72.3 Å². The van der Waals surface area contributed by atoms with Gasteiger partial charge in [-0.3, -0.25) is 4.57 Å². The third kappa shape index (κ3) is 6.04. The molecule has 0 aliphatic heterocycles. The average Bonchev–Trinajstić information content (AvgIpc) is 3.67. The first-order chi connectivity index (χ1) is 27.3. The molecule has 0 radical (unpaired) electrons. The highest BCUT2D eigenvalue weighted by Crippen LogP contribution is 2.37. The van der Waals surface area contributed by atoms with Gasteiger partial charge in [0.2, 0.25) is 0 Å². The summed E-state index contributed by atoms with van der Waals surface area (Å²) >= 11 is 0. The molecule has 5 nitrogen and oxygen atoms in total. The van der Waals surface area contributed by atoms with Crippen LogP contribution in [0, 0.1) is 0 Å². The molecule has 0 fully saturated rings. The third-order valence-corrected chi connectivity index (χ3v) is 10.1. The maximum atomic E-state index is 5.12. The molecule has 0 N–H and O–H groups in total. The van der Waals surface area contributed by atoms with Crippen LogP contribution in [0.25, 0.3) is 95.3 Å². The monoisotopic (exact) mass is 703 g/mol. The topological polar surface area (TPSA) is 56.5 Å². The van der Waals surface area contributed by atoms with E-state index in [0.29, 0.717) is 17.5 Å². The lowest BCUT2D eigenvalue weighted by molar-refractivity contribution is 1.08. The minimum Gasteiger partial charge on any atom is -0.292 e. The van der Waals surface area contributed by atoms with Crippen molar-refractivity contribution >= 4 is 21.8 Å². The second-order valence-corrected chi connectivity index (χ2v) is 13.5. The molecule has 2 aromatic heterocycles. The van der Waals surface area contributed by atoms with Crippen molar-refractivity contribution in [3.63, 3.8) is 0 Å². The van der Waals surface area contributed by atoms with E-state index < -0.39 is 0 Å². The Morgan fingerprint density at radius 3 is 1.44 bits per heavy atom. The summed E-state index contributed by atoms with van der Waals surface area (Å²) in [6.45, 7) is 0. The molecule has 5 heteroatoms. The van der Waals surface area contributed by atoms with Crippen molar-refractivity contribution < 1.29 is 0 Å². The lowest BCUT2D eigenvalue weighted by Gasteiger charge is -2.14. The second-order valence-electron chi connectivity index (χ2n) is 13.5. The zero-order chi connectivity index (χ0) is 36.6. The number of imidazole rings is 1. The summed E-state index contributed by atoms with van der Waals surface area (Å²) < 4.78 is 2.23. The number of benzene rings is 8. The Hall–Kier alpha value is -7.50. The Kier molecular flexibility index (Phi) is 8.08. The molecule has 0 saturated heterocycles. The van der Waals surface area contributed by atoms with E-state index in [9.17, 15) is 0 Å². The molecule has 55 heavy (non-hydrogen) atoms. The van der Waals surface area contributed by atoms with Gasteiger partial charge in [0.05, 0.1) is 11.0 Å². The Labute approximate surface area is 318 Å². The SMILES string of the molecule is c1ccc(-c2ccc(-c3nc(-c4ccccc4)nc(-c4ccc(-c5ccc(-c6nc7ccccc7n6-c6ccccc6)cc5)c5ccccc45)n3)cc2)cc1. The maximum absolute atomic E-state index is 5.12. The van der Waals surface area contributed by atoms with Crippen LogP contribution in [0.2, 0.25) is 0 Å². The fourth-order valence-corrected chi connectivity index (χ4v) is 7.39. The minimum absolute atomic E-state index is 0.633. The number of aromatic nitrogens is 5. The molecule has 10 aromatic rings. The fourth-order valence-electron chi connectivity index (χ4n) is 7.39. The molecular formula is C50H33N5. The highest BCUT2D eigenvalue weighted by atomic mass is 15.1. The van der Waals surface area contributed by atoms with E-state index in [1.807, 2.05) is 48.5 Å². The summed E-state index contributed by atoms with van der Waals surface area (Å²) in [5.41, 5.74) is 11.6. The van der Waals surface area contributed by atoms with Crippen LogP contribution >= 0.6 is 0 Å². The van der Waals surface area contributed by atoms with Gasteiger partial charge in [0.15, 0.2) is 17.5 Å². The van der Waals surface area contributed by atoms with Crippen LogP contribution in [0.15, 0.2) is 200 Å². The molecule has 0 unspecified atom stereocenters. The van der Waals surface area contributed by atoms with Gasteiger partial charge in [0.25, 0.3) is 0 Å². The highest BCUT2D eigenvalue weighted by Gasteiger charge is 2.18. The molecule has 0 bridgehead atoms. The van der Waals surface area contributed by atoms with Gasteiger partial charge in [-0.2, -0.15) is 0 Å². The molecule has 2 heterocycles. The maximum Gasteiger partial charge on any atom is 0.164 e. The smallest absolute Gasteiger partial charge is 0.164 e. The van der Waals surface area contributed by atoms with Crippen LogP contribution in [0.1, 0.15) is 0 Å². The van der Waals surface area contributed by atoms with Crippen LogP contribution in [0.5, 0.6) is 0 Å². The van der Waals surface area contributed by atoms with E-state index in [4.69, 9.17) is 19.9 Å². The molecule has 0 amide bonds. The molecule has 0 aliphatic rings. The first kappa shape index (κ1) is 32.2. The fraction of sp³-hybridized carbons (Fsp3) is 0. The number of rotatable bonds is 7. The van der Waals surface area contributed by atoms with Gasteiger partial charge >= 0.3 is 0 Å². The summed E-state index contributed by atoms with van der Waals surface area (Å²) in [4.78, 5) is 20.3. The van der Waals surface area contributed by atoms with Crippen molar-refractivity contribution in [2.75, 3.05) is 0 Å². The number of nitrogens with zero attached hydrogens (tertiary/aromatic N) is 5. The van der Waals surface area contributed by atoms with Crippen LogP contribution in [-0.4, -0.2) is 24.5 Å². The Balaban J connectivity index is 1.06. The molecule has 0 saturated carbocycles. The van der Waals surface area contributed by atoms with Crippen molar-refractivity contribution in [3.8, 4) is 73.5 Å². The van der Waals surface area contributed by atoms with Crippen LogP contribution in [0.4, 0.5) is 0 Å². The van der Waals surface area contributed by atoms with E-state index >= 15 is 0 Å². The quantitative estimate of drug-likeness (QED) is 0.166. The van der Waals surface area contributed by atoms with Gasteiger partial charge in [-0.05, 0) is 63.4 Å². The predicted octanol–water partition coefficient (Wildman–Crippen LogP) is 12.4. The summed E-state index contributed by atoms with van der Waals surface area (Å²) in [7, 11) is 0. The lowest BCUT2D eigenvalue weighted by Crippen LogP contribution is -2.00. The van der Waals surface area contributed by atoms with E-state index in [1.54, 1.807) is 0 Å². The lowest BCUT2D eigenvalue weighted by atomic mass is 9.94. The Bertz CT molecular complexity index is 2940. The third-order valence-electron chi connectivity index (χ3n) is 10.1. The minimum atomic E-state index is 0.633. The van der Waals surface area contributed by atoms with E-state index in [1.165, 1.54) is 5.56 Å². The van der Waals surface area contributed by atoms with Crippen LogP contribution in [-0.2, 0) is 0 Å². The molecule has 10 rings (SSSR count). The molecule has 0 spiro atoms. The first-order valence-corrected chi connectivity index (χ1v) is 18.4. The summed E-state index contributed by atoms with van der Waals surface area (Å²) in [5, 5.41) is 2.20. The zero-order valence-electron chi connectivity index (χ0n) is 29.8. The first-order valence-electron chi connectivity index (χ1n) is 18.4. The standard InChI is InChI=1S/C50H33N5/c1-4-14-34(15-5-1)35-24-28-38(29-25-35)48-52-47(37-16-6-2-7-17-37)53-49(54-48)44-33-32-41(42-20-10-11-21-43(42)44)36-26-30-39(31-27-36)50-51-45-22-12-13-23-46(45)55(50)40-18-8-3-9-19-40/h1-33H. The van der Waals surface area contributed by atoms with Gasteiger partial charge in [-0.1, -0.05) is 170 Å². The van der Waals surface area contributed by atoms with Gasteiger partial charge < -0.3 is 0 Å². The Morgan fingerprint density at radius 1 is 0.291 bits per heavy atom. The molecule has 258 valence electrons. The zero-order valence-corrected chi connectivity index (χ0v) is 29.8. The Morgan fingerprint density at radius 2 is 0.745 bits per heavy atom. The number of para-hydroxylation sites is 3. The number of hydrogen-bond acceptors (Lipinski definition) is 4. The van der Waals surface area contributed by atoms with Crippen molar-refractivity contribution in [2.45, 2.75) is 0 Å². The molecule has 0 aliphatic carbocycles. The van der Waals surface area contributed by atoms with Crippen molar-refractivity contribution in [1.29, 1.82) is 0 Å². The van der Waals surface area contributed by atoms with E-state index in [2.05, 4.69) is 156 Å². The summed E-state index contributed by atoms with van der Waals surface area (Å²) in [6, 6.07) is 69.2. The van der Waals surface area contributed by atoms with Gasteiger partial charge in [-0.15, -0.1) is 0 Å². The van der Waals surface area contributed by atoms with Crippen molar-refractivity contribution in [2.24, 2.45) is 0 Å². The second kappa shape index (κ2) is 13.8. The van der Waals surface area contributed by atoms with Crippen LogP contribution < -0.4 is 0 Å². The van der Waals surface area contributed by atoms with Gasteiger partial charge in [0, 0.05) is 27.9 Å². The summed E-state index contributed by atoms with van der Waals surface area (Å²) in [5.74, 6) is 2.81. The highest BCUT2D eigenvalue weighted by molar-refractivity contribution is 6.04. The molecule has 0 atom stereocenters. The molecular weight excluding hydrogens is 671 g/mol. The number of fused-ring (bicyclic) bond motifs is 2. The van der Waals surface area contributed by atoms with Gasteiger partial charge in [-0.25, -0.2) is 19.9 Å². The average molecular weight is 704 g/mol. The van der Waals surface area contributed by atoms with Crippen molar-refractivity contribution in [1.82, 2.24) is 24.5 Å². The largest absolute Gasteiger partial charge is 0.292 e. The normalized spacial score (nSPS) is 11.3.